The van der Waals surface area contributed by atoms with Crippen molar-refractivity contribution in [3.05, 3.63) is 29.3 Å². The van der Waals surface area contributed by atoms with E-state index in [0.29, 0.717) is 26.2 Å². The fraction of sp³-hybridized carbons (Fsp3) is 0.462. The van der Waals surface area contributed by atoms with E-state index in [-0.39, 0.29) is 11.3 Å². The fourth-order valence-electron chi connectivity index (χ4n) is 1.48. The number of hydrogen-bond donors (Lipinski definition) is 2. The molecule has 6 heteroatoms. The van der Waals surface area contributed by atoms with E-state index in [1.807, 2.05) is 6.92 Å². The maximum Gasteiger partial charge on any atom is 0.253 e. The van der Waals surface area contributed by atoms with E-state index in [1.165, 1.54) is 0 Å². The summed E-state index contributed by atoms with van der Waals surface area (Å²) in [6, 6.07) is 1.60. The Morgan fingerprint density at radius 2 is 2.00 bits per heavy atom. The van der Waals surface area contributed by atoms with Crippen LogP contribution in [-0.4, -0.2) is 25.7 Å². The molecule has 0 unspecified atom stereocenters. The summed E-state index contributed by atoms with van der Waals surface area (Å²) >= 11 is 0. The molecule has 0 bridgehead atoms. The van der Waals surface area contributed by atoms with Crippen LogP contribution in [-0.2, 0) is 4.74 Å². The maximum absolute atomic E-state index is 13.0. The van der Waals surface area contributed by atoms with Crippen LogP contribution in [0.5, 0.6) is 0 Å². The molecule has 0 saturated heterocycles. The van der Waals surface area contributed by atoms with Crippen LogP contribution in [0.25, 0.3) is 0 Å². The molecule has 1 rings (SSSR count). The number of rotatable bonds is 7. The first-order chi connectivity index (χ1) is 9.06. The zero-order valence-corrected chi connectivity index (χ0v) is 10.8. The summed E-state index contributed by atoms with van der Waals surface area (Å²) in [6.45, 7) is 3.63. The molecule has 1 amide bonds. The molecule has 1 aromatic carbocycles. The molecule has 0 heterocycles. The van der Waals surface area contributed by atoms with Crippen molar-refractivity contribution in [2.24, 2.45) is 0 Å². The van der Waals surface area contributed by atoms with Gasteiger partial charge >= 0.3 is 0 Å². The van der Waals surface area contributed by atoms with Crippen LogP contribution in [0.15, 0.2) is 12.1 Å². The minimum absolute atomic E-state index is 0.0617. The van der Waals surface area contributed by atoms with Gasteiger partial charge in [-0.3, -0.25) is 4.79 Å². The molecule has 106 valence electrons. The molecule has 0 aliphatic heterocycles. The third kappa shape index (κ3) is 4.82. The third-order valence-electron chi connectivity index (χ3n) is 2.44. The van der Waals surface area contributed by atoms with Crippen LogP contribution in [0, 0.1) is 11.6 Å². The van der Waals surface area contributed by atoms with Crippen LogP contribution >= 0.6 is 0 Å². The van der Waals surface area contributed by atoms with Gasteiger partial charge in [0.05, 0.1) is 5.56 Å². The van der Waals surface area contributed by atoms with Crippen molar-refractivity contribution in [2.75, 3.05) is 25.5 Å². The van der Waals surface area contributed by atoms with E-state index in [1.54, 1.807) is 0 Å². The Kier molecular flexibility index (Phi) is 6.21. The predicted octanol–water partition coefficient (Wildman–Crippen LogP) is 2.09. The van der Waals surface area contributed by atoms with Gasteiger partial charge in [0.15, 0.2) is 11.6 Å². The lowest BCUT2D eigenvalue weighted by Gasteiger charge is -2.08. The molecule has 0 spiro atoms. The molecule has 1 aromatic rings. The van der Waals surface area contributed by atoms with Crippen molar-refractivity contribution in [1.29, 1.82) is 0 Å². The highest BCUT2D eigenvalue weighted by atomic mass is 19.2. The molecule has 0 aliphatic rings. The summed E-state index contributed by atoms with van der Waals surface area (Å²) in [5.74, 6) is -2.68. The highest BCUT2D eigenvalue weighted by molar-refractivity contribution is 5.99. The topological polar surface area (TPSA) is 64.3 Å². The molecule has 0 atom stereocenters. The van der Waals surface area contributed by atoms with Gasteiger partial charge in [0.1, 0.15) is 0 Å². The third-order valence-corrected chi connectivity index (χ3v) is 2.44. The summed E-state index contributed by atoms with van der Waals surface area (Å²) in [7, 11) is 0. The number of anilines is 1. The second kappa shape index (κ2) is 7.68. The Morgan fingerprint density at radius 1 is 1.32 bits per heavy atom. The average molecular weight is 272 g/mol. The molecule has 0 fully saturated rings. The molecule has 19 heavy (non-hydrogen) atoms. The number of ether oxygens (including phenoxy) is 1. The van der Waals surface area contributed by atoms with Gasteiger partial charge in [0.2, 0.25) is 0 Å². The normalized spacial score (nSPS) is 10.5. The minimum atomic E-state index is -1.09. The number of nitrogens with two attached hydrogens (primary N) is 1. The van der Waals surface area contributed by atoms with Gasteiger partial charge < -0.3 is 15.8 Å². The molecular weight excluding hydrogens is 254 g/mol. The first kappa shape index (κ1) is 15.4. The van der Waals surface area contributed by atoms with Gasteiger partial charge in [-0.05, 0) is 18.9 Å². The Balaban J connectivity index is 2.43. The number of carbonyl (C=O) groups excluding carboxylic acids is 1. The van der Waals surface area contributed by atoms with E-state index in [4.69, 9.17) is 10.5 Å². The summed E-state index contributed by atoms with van der Waals surface area (Å²) in [6.07, 6.45) is 1.59. The Labute approximate surface area is 110 Å². The Bertz CT molecular complexity index is 439. The van der Waals surface area contributed by atoms with E-state index in [2.05, 4.69) is 5.32 Å². The first-order valence-electron chi connectivity index (χ1n) is 6.16. The van der Waals surface area contributed by atoms with Gasteiger partial charge in [-0.15, -0.1) is 0 Å². The highest BCUT2D eigenvalue weighted by Gasteiger charge is 2.13. The van der Waals surface area contributed by atoms with Crippen molar-refractivity contribution in [3.63, 3.8) is 0 Å². The van der Waals surface area contributed by atoms with Crippen molar-refractivity contribution in [2.45, 2.75) is 19.8 Å². The zero-order chi connectivity index (χ0) is 14.3. The van der Waals surface area contributed by atoms with E-state index < -0.39 is 17.5 Å². The van der Waals surface area contributed by atoms with Crippen LogP contribution in [0.1, 0.15) is 30.1 Å². The van der Waals surface area contributed by atoms with E-state index >= 15 is 0 Å². The number of nitrogen functional groups attached to an aromatic ring is 1. The fourth-order valence-corrected chi connectivity index (χ4v) is 1.48. The molecule has 3 N–H and O–H groups in total. The highest BCUT2D eigenvalue weighted by Crippen LogP contribution is 2.16. The quantitative estimate of drug-likeness (QED) is 0.590. The van der Waals surface area contributed by atoms with Gasteiger partial charge in [0, 0.05) is 31.5 Å². The van der Waals surface area contributed by atoms with Crippen molar-refractivity contribution < 1.29 is 18.3 Å². The van der Waals surface area contributed by atoms with Crippen molar-refractivity contribution >= 4 is 11.6 Å². The van der Waals surface area contributed by atoms with Gasteiger partial charge in [-0.1, -0.05) is 6.92 Å². The molecular formula is C13H18F2N2O2. The number of carbonyl (C=O) groups is 1. The largest absolute Gasteiger partial charge is 0.398 e. The van der Waals surface area contributed by atoms with Crippen LogP contribution < -0.4 is 11.1 Å². The number of hydrogen-bond acceptors (Lipinski definition) is 3. The average Bonchev–Trinajstić information content (AvgIpc) is 2.37. The standard InChI is InChI=1S/C13H18F2N2O2/c1-2-5-19-6-3-4-17-13(18)9-7-10(14)11(15)8-12(9)16/h7-8H,2-6,16H2,1H3,(H,17,18). The lowest BCUT2D eigenvalue weighted by atomic mass is 10.1. The summed E-state index contributed by atoms with van der Waals surface area (Å²) in [4.78, 5) is 11.7. The summed E-state index contributed by atoms with van der Waals surface area (Å²) in [5.41, 5.74) is 5.32. The second-order valence-electron chi connectivity index (χ2n) is 4.08. The number of halogens is 2. The second-order valence-corrected chi connectivity index (χ2v) is 4.08. The Morgan fingerprint density at radius 3 is 2.68 bits per heavy atom. The number of benzene rings is 1. The number of nitrogens with one attached hydrogen (secondary N) is 1. The molecule has 0 aliphatic carbocycles. The monoisotopic (exact) mass is 272 g/mol. The van der Waals surface area contributed by atoms with Crippen molar-refractivity contribution in [3.8, 4) is 0 Å². The molecule has 4 nitrogen and oxygen atoms in total. The Hall–Kier alpha value is -1.69. The lowest BCUT2D eigenvalue weighted by molar-refractivity contribution is 0.0941. The minimum Gasteiger partial charge on any atom is -0.398 e. The van der Waals surface area contributed by atoms with E-state index in [0.717, 1.165) is 18.6 Å². The van der Waals surface area contributed by atoms with E-state index in [9.17, 15) is 13.6 Å². The zero-order valence-electron chi connectivity index (χ0n) is 10.8. The summed E-state index contributed by atoms with van der Waals surface area (Å²) in [5, 5.41) is 2.58. The SMILES string of the molecule is CCCOCCCNC(=O)c1cc(F)c(F)cc1N. The maximum atomic E-state index is 13.0. The van der Waals surface area contributed by atoms with Gasteiger partial charge in [-0.25, -0.2) is 8.78 Å². The van der Waals surface area contributed by atoms with Crippen LogP contribution in [0.4, 0.5) is 14.5 Å². The predicted molar refractivity (Wildman–Crippen MR) is 68.8 cm³/mol. The molecule has 0 radical (unpaired) electrons. The molecule has 0 aromatic heterocycles. The lowest BCUT2D eigenvalue weighted by Crippen LogP contribution is -2.26. The van der Waals surface area contributed by atoms with Crippen LogP contribution in [0.2, 0.25) is 0 Å². The molecule has 0 saturated carbocycles. The van der Waals surface area contributed by atoms with Gasteiger partial charge in [-0.2, -0.15) is 0 Å². The summed E-state index contributed by atoms with van der Waals surface area (Å²) < 4.78 is 31.1. The number of amides is 1. The van der Waals surface area contributed by atoms with Gasteiger partial charge in [0.25, 0.3) is 5.91 Å². The first-order valence-corrected chi connectivity index (χ1v) is 6.16. The van der Waals surface area contributed by atoms with Crippen LogP contribution in [0.3, 0.4) is 0 Å². The smallest absolute Gasteiger partial charge is 0.253 e. The van der Waals surface area contributed by atoms with Crippen molar-refractivity contribution in [1.82, 2.24) is 5.32 Å².